The Morgan fingerprint density at radius 2 is 1.83 bits per heavy atom. The quantitative estimate of drug-likeness (QED) is 0.689. The number of H-pyrrole nitrogens is 1. The van der Waals surface area contributed by atoms with Crippen molar-refractivity contribution >= 4 is 22.6 Å². The number of fused-ring (bicyclic) bond motifs is 1. The fourth-order valence-electron chi connectivity index (χ4n) is 1.63. The highest BCUT2D eigenvalue weighted by Crippen LogP contribution is 2.26. The molecule has 2 aromatic heterocycles. The second-order valence-electron chi connectivity index (χ2n) is 3.55. The molecule has 0 aliphatic heterocycles. The van der Waals surface area contributed by atoms with E-state index >= 15 is 0 Å². The summed E-state index contributed by atoms with van der Waals surface area (Å²) in [7, 11) is 0. The van der Waals surface area contributed by atoms with E-state index in [-0.39, 0.29) is 16.5 Å². The molecule has 0 spiro atoms. The maximum atomic E-state index is 13.6. The molecule has 0 saturated carbocycles. The zero-order chi connectivity index (χ0) is 12.7. The van der Waals surface area contributed by atoms with Crippen molar-refractivity contribution in [1.82, 2.24) is 20.2 Å². The molecule has 18 heavy (non-hydrogen) atoms. The van der Waals surface area contributed by atoms with Crippen LogP contribution >= 0.6 is 11.6 Å². The first-order valence-electron chi connectivity index (χ1n) is 4.98. The van der Waals surface area contributed by atoms with E-state index < -0.39 is 11.6 Å². The van der Waals surface area contributed by atoms with Crippen molar-refractivity contribution in [3.63, 3.8) is 0 Å². The van der Waals surface area contributed by atoms with Crippen LogP contribution < -0.4 is 0 Å². The first kappa shape index (κ1) is 11.0. The van der Waals surface area contributed by atoms with Gasteiger partial charge in [-0.2, -0.15) is 5.10 Å². The lowest BCUT2D eigenvalue weighted by molar-refractivity contribution is 0.587. The molecule has 0 fully saturated rings. The van der Waals surface area contributed by atoms with E-state index in [1.54, 1.807) is 0 Å². The van der Waals surface area contributed by atoms with Crippen molar-refractivity contribution in [3.05, 3.63) is 41.2 Å². The molecule has 3 aromatic rings. The average Bonchev–Trinajstić information content (AvgIpc) is 2.77. The minimum atomic E-state index is -0.742. The van der Waals surface area contributed by atoms with Crippen LogP contribution in [0.5, 0.6) is 0 Å². The summed E-state index contributed by atoms with van der Waals surface area (Å²) in [6, 6.07) is 3.54. The van der Waals surface area contributed by atoms with Crippen molar-refractivity contribution < 1.29 is 8.78 Å². The Hall–Kier alpha value is -2.08. The van der Waals surface area contributed by atoms with Gasteiger partial charge >= 0.3 is 0 Å². The van der Waals surface area contributed by atoms with E-state index in [0.717, 1.165) is 12.1 Å². The van der Waals surface area contributed by atoms with Gasteiger partial charge < -0.3 is 0 Å². The fourth-order valence-corrected chi connectivity index (χ4v) is 1.85. The van der Waals surface area contributed by atoms with E-state index in [9.17, 15) is 8.78 Å². The second-order valence-corrected chi connectivity index (χ2v) is 3.91. The van der Waals surface area contributed by atoms with Crippen LogP contribution in [0.25, 0.3) is 22.4 Å². The number of halogens is 3. The predicted molar refractivity (Wildman–Crippen MR) is 62.0 cm³/mol. The molecule has 0 aliphatic carbocycles. The van der Waals surface area contributed by atoms with Gasteiger partial charge in [0.05, 0.1) is 5.56 Å². The highest BCUT2D eigenvalue weighted by atomic mass is 35.5. The van der Waals surface area contributed by atoms with E-state index in [0.29, 0.717) is 11.0 Å². The van der Waals surface area contributed by atoms with Crippen LogP contribution in [0.1, 0.15) is 0 Å². The lowest BCUT2D eigenvalue weighted by atomic mass is 10.2. The molecule has 4 nitrogen and oxygen atoms in total. The molecular formula is C11H5ClF2N4. The smallest absolute Gasteiger partial charge is 0.167 e. The van der Waals surface area contributed by atoms with Crippen LogP contribution in [0.3, 0.4) is 0 Å². The van der Waals surface area contributed by atoms with Crippen molar-refractivity contribution in [3.8, 4) is 11.4 Å². The number of aromatic nitrogens is 4. The number of rotatable bonds is 1. The summed E-state index contributed by atoms with van der Waals surface area (Å²) in [4.78, 5) is 7.88. The van der Waals surface area contributed by atoms with E-state index in [1.165, 1.54) is 12.3 Å². The summed E-state index contributed by atoms with van der Waals surface area (Å²) < 4.78 is 27.2. The third-order valence-electron chi connectivity index (χ3n) is 2.43. The van der Waals surface area contributed by atoms with E-state index in [2.05, 4.69) is 20.2 Å². The zero-order valence-electron chi connectivity index (χ0n) is 8.78. The van der Waals surface area contributed by atoms with Crippen molar-refractivity contribution in [2.45, 2.75) is 0 Å². The largest absolute Gasteiger partial charge is 0.283 e. The van der Waals surface area contributed by atoms with Crippen LogP contribution in [0.2, 0.25) is 5.15 Å². The topological polar surface area (TPSA) is 54.5 Å². The molecular weight excluding hydrogens is 262 g/mol. The third-order valence-corrected chi connectivity index (χ3v) is 2.70. The Morgan fingerprint density at radius 1 is 1.11 bits per heavy atom. The van der Waals surface area contributed by atoms with E-state index in [1.807, 2.05) is 0 Å². The molecule has 0 radical (unpaired) electrons. The lowest BCUT2D eigenvalue weighted by Crippen LogP contribution is -1.96. The second kappa shape index (κ2) is 3.99. The summed E-state index contributed by atoms with van der Waals surface area (Å²) in [5.41, 5.74) is 0.451. The number of hydrogen-bond donors (Lipinski definition) is 1. The fraction of sp³-hybridized carbons (Fsp3) is 0. The molecule has 0 aliphatic rings. The molecule has 7 heteroatoms. The molecule has 0 atom stereocenters. The maximum Gasteiger partial charge on any atom is 0.167 e. The molecule has 1 aromatic carbocycles. The molecule has 0 amide bonds. The standard InChI is InChI=1S/C11H5ClF2N4/c12-10-9-7(4-15-18-9)16-11(17-10)8-5(13)2-1-3-6(8)14/h1-4H,(H,15,18). The van der Waals surface area contributed by atoms with Crippen LogP contribution in [-0.4, -0.2) is 20.2 Å². The molecule has 0 unspecified atom stereocenters. The van der Waals surface area contributed by atoms with Gasteiger partial charge in [0.2, 0.25) is 0 Å². The van der Waals surface area contributed by atoms with Gasteiger partial charge in [0.1, 0.15) is 22.7 Å². The van der Waals surface area contributed by atoms with Gasteiger partial charge in [-0.25, -0.2) is 18.7 Å². The van der Waals surface area contributed by atoms with Crippen LogP contribution in [0, 0.1) is 11.6 Å². The highest BCUT2D eigenvalue weighted by molar-refractivity contribution is 6.33. The Kier molecular flexibility index (Phi) is 2.45. The van der Waals surface area contributed by atoms with Gasteiger partial charge in [-0.05, 0) is 12.1 Å². The summed E-state index contributed by atoms with van der Waals surface area (Å²) >= 11 is 5.88. The molecule has 3 rings (SSSR count). The first-order chi connectivity index (χ1) is 8.66. The van der Waals surface area contributed by atoms with Crippen LogP contribution in [0.15, 0.2) is 24.4 Å². The summed E-state index contributed by atoms with van der Waals surface area (Å²) in [6.07, 6.45) is 1.48. The Balaban J connectivity index is 2.31. The monoisotopic (exact) mass is 266 g/mol. The lowest BCUT2D eigenvalue weighted by Gasteiger charge is -2.03. The van der Waals surface area contributed by atoms with Gasteiger partial charge in [-0.3, -0.25) is 5.10 Å². The number of hydrogen-bond acceptors (Lipinski definition) is 3. The molecule has 0 saturated heterocycles. The van der Waals surface area contributed by atoms with Crippen LogP contribution in [-0.2, 0) is 0 Å². The molecule has 90 valence electrons. The zero-order valence-corrected chi connectivity index (χ0v) is 9.54. The Labute approximate surface area is 105 Å². The highest BCUT2D eigenvalue weighted by Gasteiger charge is 2.16. The normalized spacial score (nSPS) is 11.1. The van der Waals surface area contributed by atoms with Gasteiger partial charge in [0, 0.05) is 6.20 Å². The molecule has 0 bridgehead atoms. The molecule has 2 heterocycles. The number of nitrogens with one attached hydrogen (secondary N) is 1. The van der Waals surface area contributed by atoms with Gasteiger partial charge in [0.25, 0.3) is 0 Å². The number of benzene rings is 1. The number of aromatic amines is 1. The van der Waals surface area contributed by atoms with Crippen molar-refractivity contribution in [1.29, 1.82) is 0 Å². The maximum absolute atomic E-state index is 13.6. The first-order valence-corrected chi connectivity index (χ1v) is 5.36. The Morgan fingerprint density at radius 3 is 2.56 bits per heavy atom. The minimum absolute atomic E-state index is 0.0407. The van der Waals surface area contributed by atoms with Gasteiger partial charge in [-0.15, -0.1) is 0 Å². The van der Waals surface area contributed by atoms with Gasteiger partial charge in [-0.1, -0.05) is 17.7 Å². The Bertz CT molecular complexity index is 721. The van der Waals surface area contributed by atoms with E-state index in [4.69, 9.17) is 11.6 Å². The van der Waals surface area contributed by atoms with Crippen LogP contribution in [0.4, 0.5) is 8.78 Å². The average molecular weight is 267 g/mol. The van der Waals surface area contributed by atoms with Crippen molar-refractivity contribution in [2.75, 3.05) is 0 Å². The van der Waals surface area contributed by atoms with Gasteiger partial charge in [0.15, 0.2) is 11.0 Å². The third kappa shape index (κ3) is 1.62. The van der Waals surface area contributed by atoms with Crippen molar-refractivity contribution in [2.24, 2.45) is 0 Å². The minimum Gasteiger partial charge on any atom is -0.283 e. The molecule has 1 N–H and O–H groups in total. The summed E-state index contributed by atoms with van der Waals surface area (Å²) in [6.45, 7) is 0. The summed E-state index contributed by atoms with van der Waals surface area (Å²) in [5, 5.41) is 6.43. The summed E-state index contributed by atoms with van der Waals surface area (Å²) in [5.74, 6) is -1.59. The number of nitrogens with zero attached hydrogens (tertiary/aromatic N) is 3. The SMILES string of the molecule is Fc1cccc(F)c1-c1nc(Cl)c2n[nH]cc2n1. The predicted octanol–water partition coefficient (Wildman–Crippen LogP) is 2.95.